The minimum absolute atomic E-state index is 0.294. The van der Waals surface area contributed by atoms with Crippen LogP contribution in [-0.4, -0.2) is 11.9 Å². The van der Waals surface area contributed by atoms with E-state index in [1.807, 2.05) is 0 Å². The van der Waals surface area contributed by atoms with Crippen LogP contribution in [0.1, 0.15) is 51.9 Å². The molecule has 1 amide bonds. The molecule has 1 saturated carbocycles. The Kier molecular flexibility index (Phi) is 4.03. The summed E-state index contributed by atoms with van der Waals surface area (Å²) >= 11 is 0. The fourth-order valence-corrected chi connectivity index (χ4v) is 2.77. The van der Waals surface area contributed by atoms with Crippen LogP contribution in [0.2, 0.25) is 0 Å². The Bertz CT molecular complexity index is 264. The highest BCUT2D eigenvalue weighted by Gasteiger charge is 2.25. The lowest BCUT2D eigenvalue weighted by Gasteiger charge is -2.28. The first-order valence-corrected chi connectivity index (χ1v) is 6.71. The molecular weight excluding hydrogens is 198 g/mol. The van der Waals surface area contributed by atoms with E-state index in [-0.39, 0.29) is 0 Å². The van der Waals surface area contributed by atoms with Gasteiger partial charge in [-0.1, -0.05) is 19.1 Å². The van der Waals surface area contributed by atoms with Crippen LogP contribution >= 0.6 is 0 Å². The van der Waals surface area contributed by atoms with Crippen molar-refractivity contribution in [2.24, 2.45) is 11.8 Å². The molecule has 0 spiro atoms. The van der Waals surface area contributed by atoms with E-state index in [2.05, 4.69) is 24.4 Å². The molecule has 0 aromatic carbocycles. The van der Waals surface area contributed by atoms with E-state index in [0.717, 1.165) is 38.0 Å². The lowest BCUT2D eigenvalue weighted by Crippen LogP contribution is -2.40. The first-order valence-electron chi connectivity index (χ1n) is 6.71. The van der Waals surface area contributed by atoms with E-state index in [1.54, 1.807) is 0 Å². The molecule has 2 nitrogen and oxygen atoms in total. The van der Waals surface area contributed by atoms with Gasteiger partial charge in [0.1, 0.15) is 0 Å². The molecule has 0 saturated heterocycles. The Labute approximate surface area is 98.5 Å². The molecule has 0 aromatic heterocycles. The van der Waals surface area contributed by atoms with Crippen LogP contribution in [0.25, 0.3) is 0 Å². The van der Waals surface area contributed by atoms with Gasteiger partial charge in [0.25, 0.3) is 0 Å². The number of carbonyl (C=O) groups is 1. The fraction of sp³-hybridized carbons (Fsp3) is 0.786. The zero-order valence-corrected chi connectivity index (χ0v) is 10.2. The predicted octanol–water partition coefficient (Wildman–Crippen LogP) is 3.04. The topological polar surface area (TPSA) is 29.1 Å². The number of amides is 1. The van der Waals surface area contributed by atoms with Gasteiger partial charge >= 0.3 is 0 Å². The van der Waals surface area contributed by atoms with Crippen LogP contribution < -0.4 is 5.32 Å². The molecular formula is C14H23NO. The van der Waals surface area contributed by atoms with Crippen LogP contribution in [0.4, 0.5) is 0 Å². The monoisotopic (exact) mass is 221 g/mol. The molecule has 16 heavy (non-hydrogen) atoms. The third-order valence-corrected chi connectivity index (χ3v) is 4.00. The zero-order chi connectivity index (χ0) is 11.4. The van der Waals surface area contributed by atoms with E-state index in [1.165, 1.54) is 12.8 Å². The van der Waals surface area contributed by atoms with Gasteiger partial charge in [0.05, 0.1) is 0 Å². The quantitative estimate of drug-likeness (QED) is 0.713. The van der Waals surface area contributed by atoms with E-state index < -0.39 is 0 Å². The lowest BCUT2D eigenvalue weighted by atomic mass is 9.82. The van der Waals surface area contributed by atoms with Crippen LogP contribution in [0, 0.1) is 11.8 Å². The standard InChI is InChI=1S/C14H23NO/c1-11-7-9-12(10-8-11)14(16)15-13-5-3-2-4-6-13/h2-3,11-13H,4-10H2,1H3,(H,15,16). The summed E-state index contributed by atoms with van der Waals surface area (Å²) in [5.74, 6) is 1.43. The van der Waals surface area contributed by atoms with Gasteiger partial charge in [0.2, 0.25) is 5.91 Å². The summed E-state index contributed by atoms with van der Waals surface area (Å²) in [6.45, 7) is 2.29. The van der Waals surface area contributed by atoms with Gasteiger partial charge in [-0.25, -0.2) is 0 Å². The van der Waals surface area contributed by atoms with E-state index in [4.69, 9.17) is 0 Å². The van der Waals surface area contributed by atoms with Gasteiger partial charge in [-0.2, -0.15) is 0 Å². The number of hydrogen-bond acceptors (Lipinski definition) is 1. The van der Waals surface area contributed by atoms with Crippen molar-refractivity contribution in [2.45, 2.75) is 57.9 Å². The third kappa shape index (κ3) is 3.10. The van der Waals surface area contributed by atoms with Crippen molar-refractivity contribution in [1.29, 1.82) is 0 Å². The van der Waals surface area contributed by atoms with Crippen LogP contribution in [0.5, 0.6) is 0 Å². The largest absolute Gasteiger partial charge is 0.353 e. The number of rotatable bonds is 2. The summed E-state index contributed by atoms with van der Waals surface area (Å²) in [5.41, 5.74) is 0. The van der Waals surface area contributed by atoms with Crippen molar-refractivity contribution >= 4 is 5.91 Å². The Morgan fingerprint density at radius 2 is 1.88 bits per heavy atom. The maximum atomic E-state index is 12.0. The normalized spacial score (nSPS) is 34.7. The molecule has 0 aromatic rings. The number of hydrogen-bond donors (Lipinski definition) is 1. The maximum absolute atomic E-state index is 12.0. The Balaban J connectivity index is 1.77. The maximum Gasteiger partial charge on any atom is 0.223 e. The van der Waals surface area contributed by atoms with Crippen molar-refractivity contribution in [1.82, 2.24) is 5.32 Å². The van der Waals surface area contributed by atoms with Crippen molar-refractivity contribution in [3.8, 4) is 0 Å². The number of carbonyl (C=O) groups excluding carboxylic acids is 1. The molecule has 0 heterocycles. The van der Waals surface area contributed by atoms with Crippen molar-refractivity contribution in [2.75, 3.05) is 0 Å². The van der Waals surface area contributed by atoms with Gasteiger partial charge in [-0.05, 0) is 50.9 Å². The first kappa shape index (κ1) is 11.7. The highest BCUT2D eigenvalue weighted by atomic mass is 16.1. The molecule has 90 valence electrons. The predicted molar refractivity (Wildman–Crippen MR) is 66.0 cm³/mol. The minimum atomic E-state index is 0.294. The molecule has 2 aliphatic carbocycles. The average molecular weight is 221 g/mol. The second-order valence-electron chi connectivity index (χ2n) is 5.45. The molecule has 2 rings (SSSR count). The lowest BCUT2D eigenvalue weighted by molar-refractivity contribution is -0.126. The summed E-state index contributed by atoms with van der Waals surface area (Å²) in [6.07, 6.45) is 12.3. The zero-order valence-electron chi connectivity index (χ0n) is 10.2. The molecule has 2 heteroatoms. The Morgan fingerprint density at radius 3 is 2.50 bits per heavy atom. The fourth-order valence-electron chi connectivity index (χ4n) is 2.77. The molecule has 2 aliphatic rings. The van der Waals surface area contributed by atoms with Gasteiger partial charge < -0.3 is 5.32 Å². The van der Waals surface area contributed by atoms with Crippen LogP contribution in [0.3, 0.4) is 0 Å². The second-order valence-corrected chi connectivity index (χ2v) is 5.45. The Hall–Kier alpha value is -0.790. The van der Waals surface area contributed by atoms with Gasteiger partial charge in [0, 0.05) is 12.0 Å². The van der Waals surface area contributed by atoms with E-state index in [9.17, 15) is 4.79 Å². The molecule has 1 unspecified atom stereocenters. The SMILES string of the molecule is CC1CCC(C(=O)NC2CC=CCC2)CC1. The molecule has 1 atom stereocenters. The van der Waals surface area contributed by atoms with Crippen LogP contribution in [-0.2, 0) is 4.79 Å². The molecule has 0 aliphatic heterocycles. The first-order chi connectivity index (χ1) is 7.75. The summed E-state index contributed by atoms with van der Waals surface area (Å²) in [6, 6.07) is 0.400. The van der Waals surface area contributed by atoms with E-state index >= 15 is 0 Å². The molecule has 0 bridgehead atoms. The number of nitrogens with one attached hydrogen (secondary N) is 1. The smallest absolute Gasteiger partial charge is 0.223 e. The van der Waals surface area contributed by atoms with Gasteiger partial charge in [-0.3, -0.25) is 4.79 Å². The summed E-state index contributed by atoms with van der Waals surface area (Å²) in [7, 11) is 0. The average Bonchev–Trinajstić information content (AvgIpc) is 2.31. The van der Waals surface area contributed by atoms with Gasteiger partial charge in [0.15, 0.2) is 0 Å². The van der Waals surface area contributed by atoms with Crippen molar-refractivity contribution in [3.63, 3.8) is 0 Å². The third-order valence-electron chi connectivity index (χ3n) is 4.00. The van der Waals surface area contributed by atoms with Crippen molar-refractivity contribution < 1.29 is 4.79 Å². The second kappa shape index (κ2) is 5.51. The molecule has 0 radical (unpaired) electrons. The summed E-state index contributed by atoms with van der Waals surface area (Å²) in [5, 5.41) is 3.21. The Morgan fingerprint density at radius 1 is 1.12 bits per heavy atom. The van der Waals surface area contributed by atoms with Crippen LogP contribution in [0.15, 0.2) is 12.2 Å². The molecule has 1 N–H and O–H groups in total. The summed E-state index contributed by atoms with van der Waals surface area (Å²) < 4.78 is 0. The minimum Gasteiger partial charge on any atom is -0.353 e. The number of allylic oxidation sites excluding steroid dienone is 1. The van der Waals surface area contributed by atoms with E-state index in [0.29, 0.717) is 17.9 Å². The van der Waals surface area contributed by atoms with Crippen molar-refractivity contribution in [3.05, 3.63) is 12.2 Å². The molecule has 1 fully saturated rings. The highest BCUT2D eigenvalue weighted by Crippen LogP contribution is 2.28. The summed E-state index contributed by atoms with van der Waals surface area (Å²) in [4.78, 5) is 12.0. The highest BCUT2D eigenvalue weighted by molar-refractivity contribution is 5.79. The van der Waals surface area contributed by atoms with Gasteiger partial charge in [-0.15, -0.1) is 0 Å².